The van der Waals surface area contributed by atoms with E-state index in [9.17, 15) is 4.39 Å². The highest BCUT2D eigenvalue weighted by molar-refractivity contribution is 9.10. The number of benzene rings is 1. The van der Waals surface area contributed by atoms with E-state index in [2.05, 4.69) is 27.5 Å². The van der Waals surface area contributed by atoms with Crippen molar-refractivity contribution in [1.82, 2.24) is 4.90 Å². The standard InChI is InChI=1S/C12H13BrFN3/c1-2-5-17-11(7-16-12(17)15)9-6-8(13)3-4-10(9)14/h2-4,6,11H,1,5,7H2,(H2,15,16). The molecule has 0 aliphatic carbocycles. The van der Waals surface area contributed by atoms with Gasteiger partial charge in [-0.25, -0.2) is 4.39 Å². The molecule has 0 amide bonds. The number of aliphatic imine (C=N–C) groups is 1. The van der Waals surface area contributed by atoms with Crippen LogP contribution in [0.15, 0.2) is 40.3 Å². The smallest absolute Gasteiger partial charge is 0.192 e. The van der Waals surface area contributed by atoms with Crippen LogP contribution in [0.5, 0.6) is 0 Å². The summed E-state index contributed by atoms with van der Waals surface area (Å²) in [5.41, 5.74) is 6.38. The van der Waals surface area contributed by atoms with Crippen molar-refractivity contribution in [3.8, 4) is 0 Å². The number of rotatable bonds is 3. The first-order valence-corrected chi connectivity index (χ1v) is 6.05. The SMILES string of the molecule is C=CCN1C(N)=NCC1c1cc(Br)ccc1F. The molecule has 1 atom stereocenters. The molecular formula is C12H13BrFN3. The first-order valence-electron chi connectivity index (χ1n) is 5.26. The lowest BCUT2D eigenvalue weighted by atomic mass is 10.1. The predicted molar refractivity (Wildman–Crippen MR) is 70.2 cm³/mol. The topological polar surface area (TPSA) is 41.6 Å². The van der Waals surface area contributed by atoms with Gasteiger partial charge in [-0.2, -0.15) is 0 Å². The number of halogens is 2. The van der Waals surface area contributed by atoms with Gasteiger partial charge in [0, 0.05) is 16.6 Å². The fourth-order valence-electron chi connectivity index (χ4n) is 1.93. The maximum atomic E-state index is 13.8. The average Bonchev–Trinajstić information content (AvgIpc) is 2.65. The molecule has 1 aromatic carbocycles. The van der Waals surface area contributed by atoms with E-state index in [-0.39, 0.29) is 11.9 Å². The van der Waals surface area contributed by atoms with Gasteiger partial charge in [-0.15, -0.1) is 6.58 Å². The van der Waals surface area contributed by atoms with Crippen LogP contribution in [0.25, 0.3) is 0 Å². The van der Waals surface area contributed by atoms with Crippen LogP contribution in [0.3, 0.4) is 0 Å². The second-order valence-corrected chi connectivity index (χ2v) is 4.74. The summed E-state index contributed by atoms with van der Waals surface area (Å²) >= 11 is 3.34. The fourth-order valence-corrected chi connectivity index (χ4v) is 2.30. The minimum Gasteiger partial charge on any atom is -0.370 e. The Hall–Kier alpha value is -1.36. The quantitative estimate of drug-likeness (QED) is 0.871. The molecule has 1 aromatic rings. The number of nitrogens with two attached hydrogens (primary N) is 1. The molecule has 3 nitrogen and oxygen atoms in total. The maximum Gasteiger partial charge on any atom is 0.192 e. The van der Waals surface area contributed by atoms with Crippen LogP contribution in [0.4, 0.5) is 4.39 Å². The van der Waals surface area contributed by atoms with Gasteiger partial charge in [-0.3, -0.25) is 4.99 Å². The summed E-state index contributed by atoms with van der Waals surface area (Å²) in [7, 11) is 0. The second kappa shape index (κ2) is 4.87. The molecule has 0 radical (unpaired) electrons. The van der Waals surface area contributed by atoms with E-state index in [0.717, 1.165) is 4.47 Å². The van der Waals surface area contributed by atoms with Crippen molar-refractivity contribution in [2.45, 2.75) is 6.04 Å². The zero-order chi connectivity index (χ0) is 12.4. The second-order valence-electron chi connectivity index (χ2n) is 3.82. The molecule has 1 heterocycles. The van der Waals surface area contributed by atoms with Gasteiger partial charge in [0.1, 0.15) is 5.82 Å². The molecule has 2 rings (SSSR count). The summed E-state index contributed by atoms with van der Waals surface area (Å²) in [5, 5.41) is 0. The Balaban J connectivity index is 2.33. The van der Waals surface area contributed by atoms with Crippen molar-refractivity contribution in [3.63, 3.8) is 0 Å². The zero-order valence-electron chi connectivity index (χ0n) is 9.24. The molecule has 17 heavy (non-hydrogen) atoms. The third-order valence-electron chi connectivity index (χ3n) is 2.74. The summed E-state index contributed by atoms with van der Waals surface area (Å²) in [6.07, 6.45) is 1.73. The molecule has 0 fully saturated rings. The zero-order valence-corrected chi connectivity index (χ0v) is 10.8. The third-order valence-corrected chi connectivity index (χ3v) is 3.23. The molecule has 1 unspecified atom stereocenters. The third kappa shape index (κ3) is 2.34. The van der Waals surface area contributed by atoms with E-state index in [0.29, 0.717) is 24.6 Å². The molecular weight excluding hydrogens is 285 g/mol. The van der Waals surface area contributed by atoms with Crippen LogP contribution in [0.1, 0.15) is 11.6 Å². The summed E-state index contributed by atoms with van der Waals surface area (Å²) < 4.78 is 14.6. The Morgan fingerprint density at radius 1 is 1.65 bits per heavy atom. The Bertz CT molecular complexity index is 473. The number of guanidine groups is 1. The summed E-state index contributed by atoms with van der Waals surface area (Å²) in [4.78, 5) is 6.00. The first kappa shape index (κ1) is 12.1. The highest BCUT2D eigenvalue weighted by atomic mass is 79.9. The van der Waals surface area contributed by atoms with E-state index in [1.54, 1.807) is 18.2 Å². The molecule has 90 valence electrons. The van der Waals surface area contributed by atoms with Gasteiger partial charge in [-0.1, -0.05) is 22.0 Å². The normalized spacial score (nSPS) is 19.3. The van der Waals surface area contributed by atoms with Crippen molar-refractivity contribution in [2.24, 2.45) is 10.7 Å². The van der Waals surface area contributed by atoms with E-state index in [4.69, 9.17) is 5.73 Å². The Labute approximate surface area is 108 Å². The van der Waals surface area contributed by atoms with E-state index < -0.39 is 0 Å². The largest absolute Gasteiger partial charge is 0.370 e. The maximum absolute atomic E-state index is 13.8. The Morgan fingerprint density at radius 2 is 2.41 bits per heavy atom. The van der Waals surface area contributed by atoms with Crippen LogP contribution in [-0.2, 0) is 0 Å². The summed E-state index contributed by atoms with van der Waals surface area (Å²) in [6.45, 7) is 4.71. The van der Waals surface area contributed by atoms with Crippen molar-refractivity contribution in [2.75, 3.05) is 13.1 Å². The first-order chi connectivity index (χ1) is 8.13. The van der Waals surface area contributed by atoms with Crippen LogP contribution in [0.2, 0.25) is 0 Å². The summed E-state index contributed by atoms with van der Waals surface area (Å²) in [6, 6.07) is 4.74. The molecule has 1 aliphatic rings. The van der Waals surface area contributed by atoms with Gasteiger partial charge in [0.05, 0.1) is 12.6 Å². The van der Waals surface area contributed by atoms with Crippen molar-refractivity contribution >= 4 is 21.9 Å². The van der Waals surface area contributed by atoms with Crippen molar-refractivity contribution in [3.05, 3.63) is 46.7 Å². The molecule has 2 N–H and O–H groups in total. The lowest BCUT2D eigenvalue weighted by Crippen LogP contribution is -2.36. The monoisotopic (exact) mass is 297 g/mol. The molecule has 0 saturated carbocycles. The molecule has 1 aliphatic heterocycles. The predicted octanol–water partition coefficient (Wildman–Crippen LogP) is 2.45. The number of nitrogens with zero attached hydrogens (tertiary/aromatic N) is 2. The van der Waals surface area contributed by atoms with Crippen LogP contribution in [0, 0.1) is 5.82 Å². The van der Waals surface area contributed by atoms with Crippen molar-refractivity contribution in [1.29, 1.82) is 0 Å². The van der Waals surface area contributed by atoms with Crippen LogP contribution in [-0.4, -0.2) is 23.9 Å². The molecule has 0 aromatic heterocycles. The minimum absolute atomic E-state index is 0.148. The van der Waals surface area contributed by atoms with E-state index >= 15 is 0 Å². The van der Waals surface area contributed by atoms with Gasteiger partial charge < -0.3 is 10.6 Å². The van der Waals surface area contributed by atoms with Crippen molar-refractivity contribution < 1.29 is 4.39 Å². The van der Waals surface area contributed by atoms with E-state index in [1.165, 1.54) is 6.07 Å². The highest BCUT2D eigenvalue weighted by Crippen LogP contribution is 2.29. The van der Waals surface area contributed by atoms with Gasteiger partial charge in [0.15, 0.2) is 5.96 Å². The lowest BCUT2D eigenvalue weighted by Gasteiger charge is -2.25. The minimum atomic E-state index is -0.239. The fraction of sp³-hybridized carbons (Fsp3) is 0.250. The van der Waals surface area contributed by atoms with Gasteiger partial charge >= 0.3 is 0 Å². The Kier molecular flexibility index (Phi) is 3.47. The number of hydrogen-bond acceptors (Lipinski definition) is 3. The van der Waals surface area contributed by atoms with E-state index in [1.807, 2.05) is 4.90 Å². The Morgan fingerprint density at radius 3 is 3.12 bits per heavy atom. The molecule has 0 saturated heterocycles. The molecule has 0 spiro atoms. The molecule has 5 heteroatoms. The lowest BCUT2D eigenvalue weighted by molar-refractivity contribution is 0.369. The van der Waals surface area contributed by atoms with Crippen LogP contribution >= 0.6 is 15.9 Å². The summed E-state index contributed by atoms with van der Waals surface area (Å²) in [5.74, 6) is 0.200. The van der Waals surface area contributed by atoms with Gasteiger partial charge in [-0.05, 0) is 18.2 Å². The average molecular weight is 298 g/mol. The van der Waals surface area contributed by atoms with Gasteiger partial charge in [0.2, 0.25) is 0 Å². The number of hydrogen-bond donors (Lipinski definition) is 1. The highest BCUT2D eigenvalue weighted by Gasteiger charge is 2.28. The van der Waals surface area contributed by atoms with Crippen LogP contribution < -0.4 is 5.73 Å². The van der Waals surface area contributed by atoms with Gasteiger partial charge in [0.25, 0.3) is 0 Å². The molecule has 0 bridgehead atoms.